The van der Waals surface area contributed by atoms with Gasteiger partial charge in [0.15, 0.2) is 5.96 Å². The maximum Gasteiger partial charge on any atom is 0.191 e. The molecule has 2 N–H and O–H groups in total. The van der Waals surface area contributed by atoms with Crippen molar-refractivity contribution in [2.45, 2.75) is 24.7 Å². The quantitative estimate of drug-likeness (QED) is 0.242. The van der Waals surface area contributed by atoms with Gasteiger partial charge in [0, 0.05) is 50.0 Å². The lowest BCUT2D eigenvalue weighted by Crippen LogP contribution is -2.48. The monoisotopic (exact) mass is 548 g/mol. The fourth-order valence-electron chi connectivity index (χ4n) is 3.55. The number of benzene rings is 1. The highest BCUT2D eigenvalue weighted by atomic mass is 127. The van der Waals surface area contributed by atoms with Gasteiger partial charge in [-0.05, 0) is 42.5 Å². The van der Waals surface area contributed by atoms with Crippen molar-refractivity contribution >= 4 is 53.1 Å². The smallest absolute Gasteiger partial charge is 0.191 e. The molecular formula is C21H27Cl2IN4O. The number of guanidine groups is 1. The number of nitrogens with one attached hydrogen (secondary N) is 2. The summed E-state index contributed by atoms with van der Waals surface area (Å²) in [5, 5.41) is 8.18. The molecule has 1 saturated heterocycles. The standard InChI is InChI=1S/C21H26Cl2N4O.HI/c1-24-20(25-11-8-16-6-7-19(23)26-14-16)27-15-21(9-12-28-13-10-21)17-4-2-3-5-18(17)22;/h2-7,14H,8-13,15H2,1H3,(H2,24,25,27);1H. The van der Waals surface area contributed by atoms with Gasteiger partial charge in [-0.3, -0.25) is 4.99 Å². The van der Waals surface area contributed by atoms with Crippen LogP contribution in [0.3, 0.4) is 0 Å². The topological polar surface area (TPSA) is 58.5 Å². The van der Waals surface area contributed by atoms with E-state index in [1.807, 2.05) is 30.3 Å². The van der Waals surface area contributed by atoms with E-state index >= 15 is 0 Å². The van der Waals surface area contributed by atoms with Gasteiger partial charge in [0.25, 0.3) is 0 Å². The Morgan fingerprint density at radius 3 is 2.55 bits per heavy atom. The van der Waals surface area contributed by atoms with E-state index in [4.69, 9.17) is 27.9 Å². The first-order chi connectivity index (χ1) is 13.6. The minimum absolute atomic E-state index is 0. The number of aliphatic imine (C=N–C) groups is 1. The fraction of sp³-hybridized carbons (Fsp3) is 0.429. The van der Waals surface area contributed by atoms with Gasteiger partial charge in [-0.2, -0.15) is 0 Å². The zero-order valence-electron chi connectivity index (χ0n) is 16.5. The van der Waals surface area contributed by atoms with Crippen LogP contribution in [0.1, 0.15) is 24.0 Å². The minimum atomic E-state index is -0.0612. The van der Waals surface area contributed by atoms with Crippen molar-refractivity contribution in [1.82, 2.24) is 15.6 Å². The Kier molecular flexibility index (Phi) is 9.95. The predicted molar refractivity (Wildman–Crippen MR) is 131 cm³/mol. The minimum Gasteiger partial charge on any atom is -0.381 e. The van der Waals surface area contributed by atoms with Crippen LogP contribution in [-0.2, 0) is 16.6 Å². The zero-order chi connectivity index (χ0) is 19.8. The third-order valence-corrected chi connectivity index (χ3v) is 5.76. The normalized spacial score (nSPS) is 16.0. The first-order valence-electron chi connectivity index (χ1n) is 9.51. The molecule has 0 aliphatic carbocycles. The summed E-state index contributed by atoms with van der Waals surface area (Å²) in [5.41, 5.74) is 2.24. The molecule has 8 heteroatoms. The van der Waals surface area contributed by atoms with Crippen molar-refractivity contribution < 1.29 is 4.74 Å². The Bertz CT molecular complexity index is 796. The van der Waals surface area contributed by atoms with Crippen LogP contribution < -0.4 is 10.6 Å². The Morgan fingerprint density at radius 1 is 1.14 bits per heavy atom. The highest BCUT2D eigenvalue weighted by Gasteiger charge is 2.36. The lowest BCUT2D eigenvalue weighted by molar-refractivity contribution is 0.0514. The summed E-state index contributed by atoms with van der Waals surface area (Å²) in [6.07, 6.45) is 4.50. The molecule has 0 spiro atoms. The second-order valence-corrected chi connectivity index (χ2v) is 7.76. The molecule has 0 bridgehead atoms. The summed E-state index contributed by atoms with van der Waals surface area (Å²) in [7, 11) is 1.78. The molecule has 1 aromatic heterocycles. The van der Waals surface area contributed by atoms with Gasteiger partial charge in [0.1, 0.15) is 5.15 Å². The Morgan fingerprint density at radius 2 is 1.90 bits per heavy atom. The summed E-state index contributed by atoms with van der Waals surface area (Å²) in [4.78, 5) is 8.47. The van der Waals surface area contributed by atoms with E-state index in [-0.39, 0.29) is 29.4 Å². The Balaban J connectivity index is 0.00000300. The highest BCUT2D eigenvalue weighted by molar-refractivity contribution is 14.0. The molecule has 1 aromatic carbocycles. The summed E-state index contributed by atoms with van der Waals surface area (Å²) in [5.74, 6) is 0.778. The molecule has 2 heterocycles. The Labute approximate surface area is 199 Å². The Hall–Kier alpha value is -1.09. The predicted octanol–water partition coefficient (Wildman–Crippen LogP) is 4.46. The van der Waals surface area contributed by atoms with Crippen LogP contribution in [0, 0.1) is 0 Å². The van der Waals surface area contributed by atoms with Gasteiger partial charge < -0.3 is 15.4 Å². The van der Waals surface area contributed by atoms with Gasteiger partial charge in [-0.25, -0.2) is 4.98 Å². The van der Waals surface area contributed by atoms with Crippen LogP contribution in [0.2, 0.25) is 10.2 Å². The van der Waals surface area contributed by atoms with Crippen molar-refractivity contribution in [3.8, 4) is 0 Å². The molecule has 0 saturated carbocycles. The second kappa shape index (κ2) is 11.9. The highest BCUT2D eigenvalue weighted by Crippen LogP contribution is 2.38. The van der Waals surface area contributed by atoms with E-state index in [9.17, 15) is 0 Å². The maximum atomic E-state index is 6.53. The average Bonchev–Trinajstić information content (AvgIpc) is 2.73. The van der Waals surface area contributed by atoms with E-state index in [1.54, 1.807) is 13.2 Å². The molecule has 0 unspecified atom stereocenters. The number of pyridine rings is 1. The van der Waals surface area contributed by atoms with Gasteiger partial charge in [0.2, 0.25) is 0 Å². The van der Waals surface area contributed by atoms with Gasteiger partial charge in [-0.15, -0.1) is 24.0 Å². The molecule has 5 nitrogen and oxygen atoms in total. The molecule has 1 fully saturated rings. The fourth-order valence-corrected chi connectivity index (χ4v) is 4.00. The van der Waals surface area contributed by atoms with Gasteiger partial charge >= 0.3 is 0 Å². The maximum absolute atomic E-state index is 6.53. The average molecular weight is 549 g/mol. The van der Waals surface area contributed by atoms with E-state index in [0.29, 0.717) is 5.15 Å². The van der Waals surface area contributed by atoms with Crippen molar-refractivity contribution in [2.75, 3.05) is 33.4 Å². The first kappa shape index (κ1) is 24.2. The molecule has 1 aliphatic heterocycles. The number of ether oxygens (including phenoxy) is 1. The lowest BCUT2D eigenvalue weighted by atomic mass is 9.74. The van der Waals surface area contributed by atoms with Crippen LogP contribution in [0.4, 0.5) is 0 Å². The lowest BCUT2D eigenvalue weighted by Gasteiger charge is -2.38. The third kappa shape index (κ3) is 6.70. The summed E-state index contributed by atoms with van der Waals surface area (Å²) >= 11 is 12.4. The zero-order valence-corrected chi connectivity index (χ0v) is 20.3. The van der Waals surface area contributed by atoms with Crippen LogP contribution in [0.5, 0.6) is 0 Å². The van der Waals surface area contributed by atoms with E-state index < -0.39 is 0 Å². The number of hydrogen-bond acceptors (Lipinski definition) is 3. The molecule has 0 radical (unpaired) electrons. The molecule has 2 aromatic rings. The van der Waals surface area contributed by atoms with Crippen LogP contribution in [0.15, 0.2) is 47.6 Å². The van der Waals surface area contributed by atoms with Crippen molar-refractivity contribution in [2.24, 2.45) is 4.99 Å². The SMILES string of the molecule is CN=C(NCCc1ccc(Cl)nc1)NCC1(c2ccccc2Cl)CCOCC1.I. The van der Waals surface area contributed by atoms with Gasteiger partial charge in [0.05, 0.1) is 0 Å². The van der Waals surface area contributed by atoms with Crippen molar-refractivity contribution in [3.63, 3.8) is 0 Å². The number of halogens is 3. The van der Waals surface area contributed by atoms with Crippen molar-refractivity contribution in [1.29, 1.82) is 0 Å². The summed E-state index contributed by atoms with van der Waals surface area (Å²) in [6.45, 7) is 2.98. The largest absolute Gasteiger partial charge is 0.381 e. The van der Waals surface area contributed by atoms with Gasteiger partial charge in [-0.1, -0.05) is 47.5 Å². The van der Waals surface area contributed by atoms with Crippen LogP contribution in [-0.4, -0.2) is 44.3 Å². The molecule has 1 aliphatic rings. The van der Waals surface area contributed by atoms with E-state index in [2.05, 4.69) is 26.7 Å². The number of hydrogen-bond donors (Lipinski definition) is 2. The first-order valence-corrected chi connectivity index (χ1v) is 10.3. The molecule has 0 amide bonds. The number of aromatic nitrogens is 1. The molecule has 3 rings (SSSR count). The van der Waals surface area contributed by atoms with Crippen LogP contribution >= 0.6 is 47.2 Å². The molecule has 158 valence electrons. The van der Waals surface area contributed by atoms with E-state index in [0.717, 1.165) is 62.1 Å². The summed E-state index contributed by atoms with van der Waals surface area (Å²) < 4.78 is 5.61. The van der Waals surface area contributed by atoms with Crippen molar-refractivity contribution in [3.05, 3.63) is 63.9 Å². The second-order valence-electron chi connectivity index (χ2n) is 6.96. The summed E-state index contributed by atoms with van der Waals surface area (Å²) in [6, 6.07) is 11.9. The molecule has 0 atom stereocenters. The van der Waals surface area contributed by atoms with Crippen LogP contribution in [0.25, 0.3) is 0 Å². The van der Waals surface area contributed by atoms with E-state index in [1.165, 1.54) is 5.56 Å². The molecule has 29 heavy (non-hydrogen) atoms. The number of rotatable bonds is 6. The third-order valence-electron chi connectivity index (χ3n) is 5.21. The molecular weight excluding hydrogens is 522 g/mol. The number of nitrogens with zero attached hydrogens (tertiary/aromatic N) is 2.